The van der Waals surface area contributed by atoms with E-state index in [0.29, 0.717) is 32.8 Å². The monoisotopic (exact) mass is 485 g/mol. The lowest BCUT2D eigenvalue weighted by Gasteiger charge is -2.12. The number of methoxy groups -OCH3 is 1. The smallest absolute Gasteiger partial charge is 0.249 e. The fraction of sp³-hybridized carbons (Fsp3) is 0.125. The van der Waals surface area contributed by atoms with Crippen LogP contribution in [0, 0.1) is 0 Å². The summed E-state index contributed by atoms with van der Waals surface area (Å²) in [7, 11) is 1.53. The Kier molecular flexibility index (Phi) is 8.69. The van der Waals surface area contributed by atoms with Gasteiger partial charge in [-0.05, 0) is 54.1 Å². The Hall–Kier alpha value is -3.55. The molecule has 170 valence electrons. The van der Waals surface area contributed by atoms with Crippen molar-refractivity contribution in [1.29, 1.82) is 0 Å². The first-order valence-electron chi connectivity index (χ1n) is 9.86. The number of hydrogen-bond donors (Lipinski definition) is 2. The molecule has 2 amide bonds. The maximum absolute atomic E-state index is 12.0. The van der Waals surface area contributed by atoms with E-state index in [1.165, 1.54) is 13.3 Å². The molecule has 7 nitrogen and oxygen atoms in total. The molecule has 0 heterocycles. The topological polar surface area (TPSA) is 89.0 Å². The van der Waals surface area contributed by atoms with Crippen LogP contribution < -0.4 is 20.2 Å². The first kappa shape index (κ1) is 24.1. The van der Waals surface area contributed by atoms with Gasteiger partial charge >= 0.3 is 0 Å². The normalized spacial score (nSPS) is 10.6. The second-order valence-electron chi connectivity index (χ2n) is 6.82. The summed E-state index contributed by atoms with van der Waals surface area (Å²) in [6.07, 6.45) is 1.06. The average Bonchev–Trinajstić information content (AvgIpc) is 2.80. The van der Waals surface area contributed by atoms with Crippen LogP contribution in [-0.2, 0) is 16.2 Å². The standard InChI is InChI=1S/C24H21Cl2N3O4/c1-32-22-12-16(6-11-21(22)33-15-17-4-2-3-5-20(17)26)14-27-29-24(31)13-23(30)28-19-9-7-18(25)8-10-19/h2-12,14H,13,15H2,1H3,(H,28,30)(H,29,31). The molecule has 0 saturated carbocycles. The minimum atomic E-state index is -0.552. The summed E-state index contributed by atoms with van der Waals surface area (Å²) in [4.78, 5) is 23.9. The second-order valence-corrected chi connectivity index (χ2v) is 7.66. The maximum Gasteiger partial charge on any atom is 0.249 e. The average molecular weight is 486 g/mol. The highest BCUT2D eigenvalue weighted by molar-refractivity contribution is 6.31. The molecule has 0 bridgehead atoms. The van der Waals surface area contributed by atoms with Crippen LogP contribution >= 0.6 is 23.2 Å². The third-order valence-electron chi connectivity index (χ3n) is 4.38. The number of carbonyl (C=O) groups is 2. The first-order chi connectivity index (χ1) is 15.9. The molecule has 0 spiro atoms. The summed E-state index contributed by atoms with van der Waals surface area (Å²) in [5.74, 6) is 0.0215. The van der Waals surface area contributed by atoms with Crippen molar-refractivity contribution in [2.24, 2.45) is 5.10 Å². The van der Waals surface area contributed by atoms with Gasteiger partial charge in [-0.1, -0.05) is 41.4 Å². The number of rotatable bonds is 9. The highest BCUT2D eigenvalue weighted by atomic mass is 35.5. The molecule has 3 aromatic carbocycles. The Morgan fingerprint density at radius 2 is 1.73 bits per heavy atom. The van der Waals surface area contributed by atoms with Gasteiger partial charge in [-0.3, -0.25) is 9.59 Å². The fourth-order valence-electron chi connectivity index (χ4n) is 2.76. The molecular formula is C24H21Cl2N3O4. The van der Waals surface area contributed by atoms with Gasteiger partial charge in [-0.25, -0.2) is 5.43 Å². The Morgan fingerprint density at radius 3 is 2.45 bits per heavy atom. The van der Waals surface area contributed by atoms with Crippen molar-refractivity contribution in [2.45, 2.75) is 13.0 Å². The Balaban J connectivity index is 1.51. The molecule has 33 heavy (non-hydrogen) atoms. The quantitative estimate of drug-likeness (QED) is 0.251. The molecular weight excluding hydrogens is 465 g/mol. The van der Waals surface area contributed by atoms with Crippen LogP contribution in [0.25, 0.3) is 0 Å². The van der Waals surface area contributed by atoms with Crippen LogP contribution in [0.3, 0.4) is 0 Å². The molecule has 0 aliphatic rings. The van der Waals surface area contributed by atoms with E-state index in [1.54, 1.807) is 48.5 Å². The Morgan fingerprint density at radius 1 is 0.970 bits per heavy atom. The number of halogens is 2. The second kappa shape index (κ2) is 11.9. The van der Waals surface area contributed by atoms with E-state index in [-0.39, 0.29) is 13.0 Å². The zero-order valence-electron chi connectivity index (χ0n) is 17.7. The third-order valence-corrected chi connectivity index (χ3v) is 5.00. The van der Waals surface area contributed by atoms with E-state index in [9.17, 15) is 9.59 Å². The summed E-state index contributed by atoms with van der Waals surface area (Å²) >= 11 is 12.0. The van der Waals surface area contributed by atoms with Gasteiger partial charge in [0.15, 0.2) is 11.5 Å². The van der Waals surface area contributed by atoms with Crippen molar-refractivity contribution in [3.8, 4) is 11.5 Å². The maximum atomic E-state index is 12.0. The first-order valence-corrected chi connectivity index (χ1v) is 10.6. The summed E-state index contributed by atoms with van der Waals surface area (Å²) in [6.45, 7) is 0.289. The zero-order chi connectivity index (χ0) is 23.6. The molecule has 0 aliphatic carbocycles. The summed E-state index contributed by atoms with van der Waals surface area (Å²) in [5.41, 5.74) is 4.40. The van der Waals surface area contributed by atoms with E-state index >= 15 is 0 Å². The largest absolute Gasteiger partial charge is 0.493 e. The fourth-order valence-corrected chi connectivity index (χ4v) is 3.07. The lowest BCUT2D eigenvalue weighted by molar-refractivity contribution is -0.126. The highest BCUT2D eigenvalue weighted by Gasteiger charge is 2.10. The van der Waals surface area contributed by atoms with Crippen molar-refractivity contribution in [2.75, 3.05) is 12.4 Å². The van der Waals surface area contributed by atoms with Gasteiger partial charge in [0.2, 0.25) is 11.8 Å². The molecule has 0 aromatic heterocycles. The van der Waals surface area contributed by atoms with Crippen LogP contribution in [0.1, 0.15) is 17.5 Å². The van der Waals surface area contributed by atoms with Crippen molar-refractivity contribution in [3.63, 3.8) is 0 Å². The van der Waals surface area contributed by atoms with Gasteiger partial charge in [-0.15, -0.1) is 0 Å². The van der Waals surface area contributed by atoms with Crippen LogP contribution in [0.15, 0.2) is 71.8 Å². The van der Waals surface area contributed by atoms with Gasteiger partial charge in [0.1, 0.15) is 13.0 Å². The van der Waals surface area contributed by atoms with E-state index in [2.05, 4.69) is 15.8 Å². The van der Waals surface area contributed by atoms with Gasteiger partial charge in [0, 0.05) is 21.3 Å². The minimum Gasteiger partial charge on any atom is -0.493 e. The molecule has 3 rings (SSSR count). The van der Waals surface area contributed by atoms with Gasteiger partial charge in [0.25, 0.3) is 0 Å². The minimum absolute atomic E-state index is 0.289. The SMILES string of the molecule is COc1cc(C=NNC(=O)CC(=O)Nc2ccc(Cl)cc2)ccc1OCc1ccccc1Cl. The summed E-state index contributed by atoms with van der Waals surface area (Å²) < 4.78 is 11.2. The molecule has 0 unspecified atom stereocenters. The zero-order valence-corrected chi connectivity index (χ0v) is 19.2. The summed E-state index contributed by atoms with van der Waals surface area (Å²) in [5, 5.41) is 7.67. The summed E-state index contributed by atoms with van der Waals surface area (Å²) in [6, 6.07) is 19.2. The lowest BCUT2D eigenvalue weighted by atomic mass is 10.2. The van der Waals surface area contributed by atoms with Gasteiger partial charge in [0.05, 0.1) is 13.3 Å². The number of hydrazone groups is 1. The lowest BCUT2D eigenvalue weighted by Crippen LogP contribution is -2.24. The van der Waals surface area contributed by atoms with Crippen LogP contribution in [-0.4, -0.2) is 25.1 Å². The van der Waals surface area contributed by atoms with Crippen molar-refractivity contribution in [1.82, 2.24) is 5.43 Å². The third kappa shape index (κ3) is 7.52. The van der Waals surface area contributed by atoms with E-state index in [1.807, 2.05) is 18.2 Å². The van der Waals surface area contributed by atoms with Gasteiger partial charge in [-0.2, -0.15) is 5.10 Å². The number of nitrogens with one attached hydrogen (secondary N) is 2. The number of amides is 2. The molecule has 0 aliphatic heterocycles. The van der Waals surface area contributed by atoms with E-state index in [0.717, 1.165) is 5.56 Å². The number of hydrogen-bond acceptors (Lipinski definition) is 5. The predicted molar refractivity (Wildman–Crippen MR) is 129 cm³/mol. The molecule has 0 atom stereocenters. The predicted octanol–water partition coefficient (Wildman–Crippen LogP) is 5.06. The molecule has 2 N–H and O–H groups in total. The number of ether oxygens (including phenoxy) is 2. The van der Waals surface area contributed by atoms with Crippen LogP contribution in [0.2, 0.25) is 10.0 Å². The van der Waals surface area contributed by atoms with Gasteiger partial charge < -0.3 is 14.8 Å². The molecule has 0 radical (unpaired) electrons. The number of carbonyl (C=O) groups excluding carboxylic acids is 2. The molecule has 0 saturated heterocycles. The molecule has 9 heteroatoms. The number of nitrogens with zero attached hydrogens (tertiary/aromatic N) is 1. The highest BCUT2D eigenvalue weighted by Crippen LogP contribution is 2.29. The Labute approximate surface area is 201 Å². The van der Waals surface area contributed by atoms with E-state index < -0.39 is 11.8 Å². The number of benzene rings is 3. The van der Waals surface area contributed by atoms with Crippen LogP contribution in [0.5, 0.6) is 11.5 Å². The van der Waals surface area contributed by atoms with Crippen LogP contribution in [0.4, 0.5) is 5.69 Å². The van der Waals surface area contributed by atoms with E-state index in [4.69, 9.17) is 32.7 Å². The van der Waals surface area contributed by atoms with Crippen molar-refractivity contribution >= 4 is 46.9 Å². The Bertz CT molecular complexity index is 1150. The molecule has 0 fully saturated rings. The molecule has 3 aromatic rings. The van der Waals surface area contributed by atoms with Crippen molar-refractivity contribution in [3.05, 3.63) is 87.9 Å². The van der Waals surface area contributed by atoms with Crippen molar-refractivity contribution < 1.29 is 19.1 Å². The number of anilines is 1.